The van der Waals surface area contributed by atoms with Gasteiger partial charge in [-0.3, -0.25) is 4.79 Å². The Morgan fingerprint density at radius 3 is 2.68 bits per heavy atom. The molecule has 1 aromatic carbocycles. The highest BCUT2D eigenvalue weighted by Gasteiger charge is 2.07. The molecule has 5 heteroatoms. The summed E-state index contributed by atoms with van der Waals surface area (Å²) in [5.41, 5.74) is 0.801. The van der Waals surface area contributed by atoms with E-state index in [1.165, 1.54) is 18.2 Å². The van der Waals surface area contributed by atoms with Gasteiger partial charge >= 0.3 is 0 Å². The van der Waals surface area contributed by atoms with Gasteiger partial charge in [-0.2, -0.15) is 0 Å². The summed E-state index contributed by atoms with van der Waals surface area (Å²) in [6.07, 6.45) is 2.44. The topological polar surface area (TPSA) is 31.2 Å². The summed E-state index contributed by atoms with van der Waals surface area (Å²) >= 11 is 0. The van der Waals surface area contributed by atoms with Crippen LogP contribution in [0.1, 0.15) is 17.7 Å². The summed E-state index contributed by atoms with van der Waals surface area (Å²) < 4.78 is 33.4. The Bertz CT molecular complexity index is 738. The van der Waals surface area contributed by atoms with Crippen LogP contribution in [-0.2, 0) is 13.2 Å². The minimum atomic E-state index is -0.670. The van der Waals surface area contributed by atoms with Crippen LogP contribution < -0.4 is 10.3 Å². The maximum Gasteiger partial charge on any atom is 0.254 e. The van der Waals surface area contributed by atoms with E-state index in [4.69, 9.17) is 4.74 Å². The highest BCUT2D eigenvalue weighted by molar-refractivity contribution is 5.25. The lowest BCUT2D eigenvalue weighted by atomic mass is 10.2. The van der Waals surface area contributed by atoms with Crippen molar-refractivity contribution in [1.82, 2.24) is 4.57 Å². The lowest BCUT2D eigenvalue weighted by Gasteiger charge is -2.12. The minimum Gasteiger partial charge on any atom is -0.489 e. The van der Waals surface area contributed by atoms with Crippen molar-refractivity contribution >= 4 is 0 Å². The third-order valence-electron chi connectivity index (χ3n) is 3.27. The van der Waals surface area contributed by atoms with Crippen molar-refractivity contribution in [2.24, 2.45) is 0 Å². The number of aromatic nitrogens is 1. The molecule has 0 radical (unpaired) electrons. The van der Waals surface area contributed by atoms with Crippen LogP contribution in [0.25, 0.3) is 0 Å². The largest absolute Gasteiger partial charge is 0.489 e. The fourth-order valence-corrected chi connectivity index (χ4v) is 2.09. The van der Waals surface area contributed by atoms with Crippen molar-refractivity contribution in [2.75, 3.05) is 0 Å². The fraction of sp³-hybridized carbons (Fsp3) is 0.235. The lowest BCUT2D eigenvalue weighted by Crippen LogP contribution is -2.21. The van der Waals surface area contributed by atoms with Crippen LogP contribution in [0.15, 0.2) is 47.8 Å². The van der Waals surface area contributed by atoms with E-state index >= 15 is 0 Å². The molecule has 2 rings (SSSR count). The first-order valence-corrected chi connectivity index (χ1v) is 6.90. The Morgan fingerprint density at radius 1 is 1.27 bits per heavy atom. The number of halogens is 2. The van der Waals surface area contributed by atoms with E-state index in [0.29, 0.717) is 18.7 Å². The second-order valence-electron chi connectivity index (χ2n) is 4.92. The average Bonchev–Trinajstić information content (AvgIpc) is 2.45. The van der Waals surface area contributed by atoms with Crippen LogP contribution in [0, 0.1) is 18.6 Å². The molecule has 0 spiro atoms. The van der Waals surface area contributed by atoms with Crippen molar-refractivity contribution in [3.8, 4) is 5.75 Å². The number of ether oxygens (including phenoxy) is 1. The molecule has 0 N–H and O–H groups in total. The van der Waals surface area contributed by atoms with Gasteiger partial charge in [0.2, 0.25) is 0 Å². The van der Waals surface area contributed by atoms with Gasteiger partial charge < -0.3 is 9.30 Å². The molecule has 0 bridgehead atoms. The second-order valence-corrected chi connectivity index (χ2v) is 4.92. The first-order valence-electron chi connectivity index (χ1n) is 6.90. The van der Waals surface area contributed by atoms with Crippen molar-refractivity contribution in [2.45, 2.75) is 26.5 Å². The Hall–Kier alpha value is -2.43. The molecule has 116 valence electrons. The number of pyridine rings is 1. The SMILES string of the molecule is C=CCCn1c(C)cc(OCc2ccc(F)cc2F)cc1=O. The first-order chi connectivity index (χ1) is 10.5. The maximum atomic E-state index is 13.5. The number of hydrogen-bond acceptors (Lipinski definition) is 2. The fourth-order valence-electron chi connectivity index (χ4n) is 2.09. The number of benzene rings is 1. The number of rotatable bonds is 6. The molecule has 0 unspecified atom stereocenters. The number of allylic oxidation sites excluding steroid dienone is 1. The van der Waals surface area contributed by atoms with E-state index in [1.54, 1.807) is 23.6 Å². The Kier molecular flexibility index (Phi) is 5.09. The normalized spacial score (nSPS) is 10.5. The lowest BCUT2D eigenvalue weighted by molar-refractivity contribution is 0.297. The number of hydrogen-bond donors (Lipinski definition) is 0. The summed E-state index contributed by atoms with van der Waals surface area (Å²) in [5, 5.41) is 0. The van der Waals surface area contributed by atoms with Gasteiger partial charge in [0.05, 0.1) is 0 Å². The third kappa shape index (κ3) is 3.81. The summed E-state index contributed by atoms with van der Waals surface area (Å²) in [7, 11) is 0. The minimum absolute atomic E-state index is 0.0678. The Labute approximate surface area is 127 Å². The van der Waals surface area contributed by atoms with Gasteiger partial charge in [0.25, 0.3) is 5.56 Å². The van der Waals surface area contributed by atoms with Crippen LogP contribution in [0.3, 0.4) is 0 Å². The highest BCUT2D eigenvalue weighted by Crippen LogP contribution is 2.15. The average molecular weight is 305 g/mol. The van der Waals surface area contributed by atoms with Gasteiger partial charge in [-0.1, -0.05) is 6.08 Å². The molecule has 0 aliphatic rings. The molecule has 3 nitrogen and oxygen atoms in total. The molecule has 0 aliphatic heterocycles. The Morgan fingerprint density at radius 2 is 2.05 bits per heavy atom. The van der Waals surface area contributed by atoms with Gasteiger partial charge in [0, 0.05) is 29.9 Å². The molecule has 1 aromatic heterocycles. The number of nitrogens with zero attached hydrogens (tertiary/aromatic N) is 1. The van der Waals surface area contributed by atoms with E-state index in [2.05, 4.69) is 6.58 Å². The van der Waals surface area contributed by atoms with Crippen LogP contribution in [0.4, 0.5) is 8.78 Å². The molecule has 2 aromatic rings. The van der Waals surface area contributed by atoms with Gasteiger partial charge in [-0.25, -0.2) is 8.78 Å². The van der Waals surface area contributed by atoms with Crippen LogP contribution in [0.2, 0.25) is 0 Å². The zero-order chi connectivity index (χ0) is 16.1. The van der Waals surface area contributed by atoms with Gasteiger partial charge in [-0.15, -0.1) is 6.58 Å². The monoisotopic (exact) mass is 305 g/mol. The third-order valence-corrected chi connectivity index (χ3v) is 3.27. The van der Waals surface area contributed by atoms with Crippen molar-refractivity contribution < 1.29 is 13.5 Å². The van der Waals surface area contributed by atoms with Gasteiger partial charge in [0.1, 0.15) is 24.0 Å². The predicted molar refractivity (Wildman–Crippen MR) is 80.9 cm³/mol. The van der Waals surface area contributed by atoms with Crippen LogP contribution in [0.5, 0.6) is 5.75 Å². The molecule has 0 saturated carbocycles. The van der Waals surface area contributed by atoms with Crippen molar-refractivity contribution in [3.05, 3.63) is 76.2 Å². The van der Waals surface area contributed by atoms with Gasteiger partial charge in [-0.05, 0) is 31.5 Å². The highest BCUT2D eigenvalue weighted by atomic mass is 19.1. The molecule has 0 saturated heterocycles. The van der Waals surface area contributed by atoms with Gasteiger partial charge in [0.15, 0.2) is 0 Å². The molecule has 0 amide bonds. The molecular weight excluding hydrogens is 288 g/mol. The van der Waals surface area contributed by atoms with Crippen molar-refractivity contribution in [1.29, 1.82) is 0 Å². The maximum absolute atomic E-state index is 13.5. The van der Waals surface area contributed by atoms with Crippen LogP contribution in [-0.4, -0.2) is 4.57 Å². The summed E-state index contributed by atoms with van der Waals surface area (Å²) in [6.45, 7) is 5.92. The molecule has 0 atom stereocenters. The zero-order valence-electron chi connectivity index (χ0n) is 12.3. The summed E-state index contributed by atoms with van der Waals surface area (Å²) in [6, 6.07) is 6.36. The van der Waals surface area contributed by atoms with E-state index in [9.17, 15) is 13.6 Å². The molecule has 22 heavy (non-hydrogen) atoms. The molecular formula is C17H17F2NO2. The van der Waals surface area contributed by atoms with E-state index < -0.39 is 11.6 Å². The number of aryl methyl sites for hydroxylation is 1. The zero-order valence-corrected chi connectivity index (χ0v) is 12.3. The van der Waals surface area contributed by atoms with E-state index in [-0.39, 0.29) is 17.7 Å². The Balaban J connectivity index is 2.13. The molecule has 0 fully saturated rings. The summed E-state index contributed by atoms with van der Waals surface area (Å²) in [4.78, 5) is 12.0. The smallest absolute Gasteiger partial charge is 0.254 e. The standard InChI is InChI=1S/C17H17F2NO2/c1-3-4-7-20-12(2)8-15(10-17(20)21)22-11-13-5-6-14(18)9-16(13)19/h3,5-6,8-10H,1,4,7,11H2,2H3. The quantitative estimate of drug-likeness (QED) is 0.764. The van der Waals surface area contributed by atoms with E-state index in [1.807, 2.05) is 0 Å². The molecule has 1 heterocycles. The summed E-state index contributed by atoms with van der Waals surface area (Å²) in [5.74, 6) is -0.945. The predicted octanol–water partition coefficient (Wildman–Crippen LogP) is 3.59. The van der Waals surface area contributed by atoms with Crippen molar-refractivity contribution in [3.63, 3.8) is 0 Å². The molecule has 0 aliphatic carbocycles. The van der Waals surface area contributed by atoms with Crippen LogP contribution >= 0.6 is 0 Å². The van der Waals surface area contributed by atoms with E-state index in [0.717, 1.165) is 11.8 Å². The first kappa shape index (κ1) is 15.9. The second kappa shape index (κ2) is 7.02.